The third kappa shape index (κ3) is 4.21. The monoisotopic (exact) mass is 367 g/mol. The summed E-state index contributed by atoms with van der Waals surface area (Å²) in [5.74, 6) is -0.305. The molecule has 0 unspecified atom stereocenters. The van der Waals surface area contributed by atoms with Crippen LogP contribution in [0.4, 0.5) is 16.2 Å². The maximum absolute atomic E-state index is 12.1. The van der Waals surface area contributed by atoms with Gasteiger partial charge < -0.3 is 16.4 Å². The first-order valence-corrected chi connectivity index (χ1v) is 7.06. The number of carbonyl (C=O) groups is 2. The van der Waals surface area contributed by atoms with Gasteiger partial charge in [-0.25, -0.2) is 4.79 Å². The Labute approximate surface area is 134 Å². The summed E-state index contributed by atoms with van der Waals surface area (Å²) >= 11 is 9.22. The standard InChI is InChI=1S/C14H11BrClN3O2/c15-11-5-4-8(6-12(11)16)13(20)18-9-2-1-3-10(7-9)19-14(17)21/h1-7H,(H,18,20)(H3,17,19,21). The molecule has 2 aromatic carbocycles. The number of nitrogens with one attached hydrogen (secondary N) is 2. The van der Waals surface area contributed by atoms with E-state index in [1.165, 1.54) is 0 Å². The second-order valence-corrected chi connectivity index (χ2v) is 5.41. The molecule has 0 aromatic heterocycles. The van der Waals surface area contributed by atoms with Crippen LogP contribution in [0.2, 0.25) is 5.02 Å². The highest BCUT2D eigenvalue weighted by atomic mass is 79.9. The van der Waals surface area contributed by atoms with Gasteiger partial charge >= 0.3 is 6.03 Å². The quantitative estimate of drug-likeness (QED) is 0.769. The lowest BCUT2D eigenvalue weighted by molar-refractivity contribution is 0.102. The van der Waals surface area contributed by atoms with E-state index in [9.17, 15) is 9.59 Å². The van der Waals surface area contributed by atoms with Crippen molar-refractivity contribution in [2.45, 2.75) is 0 Å². The Morgan fingerprint density at radius 1 is 1.05 bits per heavy atom. The second-order valence-electron chi connectivity index (χ2n) is 4.15. The molecule has 4 N–H and O–H groups in total. The van der Waals surface area contributed by atoms with Crippen LogP contribution in [0.5, 0.6) is 0 Å². The van der Waals surface area contributed by atoms with Crippen LogP contribution in [0.1, 0.15) is 10.4 Å². The van der Waals surface area contributed by atoms with Crippen molar-refractivity contribution < 1.29 is 9.59 Å². The summed E-state index contributed by atoms with van der Waals surface area (Å²) in [4.78, 5) is 22.9. The van der Waals surface area contributed by atoms with E-state index < -0.39 is 6.03 Å². The SMILES string of the molecule is NC(=O)Nc1cccc(NC(=O)c2ccc(Br)c(Cl)c2)c1. The first-order valence-electron chi connectivity index (χ1n) is 5.88. The maximum Gasteiger partial charge on any atom is 0.316 e. The number of hydrogen-bond acceptors (Lipinski definition) is 2. The van der Waals surface area contributed by atoms with Crippen molar-refractivity contribution in [2.24, 2.45) is 5.73 Å². The number of amides is 3. The van der Waals surface area contributed by atoms with Gasteiger partial charge in [-0.05, 0) is 52.3 Å². The van der Waals surface area contributed by atoms with Crippen molar-refractivity contribution in [1.29, 1.82) is 0 Å². The fourth-order valence-electron chi connectivity index (χ4n) is 1.66. The first kappa shape index (κ1) is 15.3. The topological polar surface area (TPSA) is 84.2 Å². The zero-order chi connectivity index (χ0) is 15.4. The van der Waals surface area contributed by atoms with Gasteiger partial charge in [0.2, 0.25) is 0 Å². The molecule has 2 aromatic rings. The fraction of sp³-hybridized carbons (Fsp3) is 0. The van der Waals surface area contributed by atoms with Crippen LogP contribution in [0, 0.1) is 0 Å². The number of halogens is 2. The number of hydrogen-bond donors (Lipinski definition) is 3. The van der Waals surface area contributed by atoms with Crippen molar-refractivity contribution in [3.05, 3.63) is 57.5 Å². The largest absolute Gasteiger partial charge is 0.351 e. The summed E-state index contributed by atoms with van der Waals surface area (Å²) in [6.07, 6.45) is 0. The van der Waals surface area contributed by atoms with E-state index in [1.54, 1.807) is 42.5 Å². The zero-order valence-electron chi connectivity index (χ0n) is 10.7. The predicted octanol–water partition coefficient (Wildman–Crippen LogP) is 3.85. The summed E-state index contributed by atoms with van der Waals surface area (Å²) in [7, 11) is 0. The second kappa shape index (κ2) is 6.60. The number of anilines is 2. The van der Waals surface area contributed by atoms with Crippen LogP contribution in [-0.4, -0.2) is 11.9 Å². The Morgan fingerprint density at radius 3 is 2.33 bits per heavy atom. The van der Waals surface area contributed by atoms with Crippen molar-refractivity contribution in [3.63, 3.8) is 0 Å². The minimum atomic E-state index is -0.668. The van der Waals surface area contributed by atoms with Crippen molar-refractivity contribution in [1.82, 2.24) is 0 Å². The Morgan fingerprint density at radius 2 is 1.71 bits per heavy atom. The number of primary amides is 1. The molecule has 3 amide bonds. The van der Waals surface area contributed by atoms with Crippen molar-refractivity contribution in [2.75, 3.05) is 10.6 Å². The van der Waals surface area contributed by atoms with Crippen LogP contribution in [0.25, 0.3) is 0 Å². The van der Waals surface area contributed by atoms with Gasteiger partial charge in [0.05, 0.1) is 5.02 Å². The van der Waals surface area contributed by atoms with Gasteiger partial charge in [-0.15, -0.1) is 0 Å². The van der Waals surface area contributed by atoms with E-state index >= 15 is 0 Å². The van der Waals surface area contributed by atoms with Crippen LogP contribution in [-0.2, 0) is 0 Å². The molecule has 21 heavy (non-hydrogen) atoms. The molecule has 0 aliphatic rings. The molecular weight excluding hydrogens is 358 g/mol. The Bertz CT molecular complexity index is 706. The van der Waals surface area contributed by atoms with E-state index in [0.29, 0.717) is 26.4 Å². The van der Waals surface area contributed by atoms with E-state index in [0.717, 1.165) is 0 Å². The molecule has 5 nitrogen and oxygen atoms in total. The molecule has 0 fully saturated rings. The Hall–Kier alpha value is -2.05. The van der Waals surface area contributed by atoms with Gasteiger partial charge in [0.25, 0.3) is 5.91 Å². The summed E-state index contributed by atoms with van der Waals surface area (Å²) in [6, 6.07) is 10.9. The predicted molar refractivity (Wildman–Crippen MR) is 86.8 cm³/mol. The minimum Gasteiger partial charge on any atom is -0.351 e. The van der Waals surface area contributed by atoms with Gasteiger partial charge in [0.15, 0.2) is 0 Å². The highest BCUT2D eigenvalue weighted by Gasteiger charge is 2.08. The molecule has 0 bridgehead atoms. The molecule has 0 spiro atoms. The van der Waals surface area contributed by atoms with E-state index in [1.807, 2.05) is 0 Å². The average molecular weight is 369 g/mol. The third-order valence-electron chi connectivity index (χ3n) is 2.57. The van der Waals surface area contributed by atoms with Crippen molar-refractivity contribution in [3.8, 4) is 0 Å². The number of carbonyl (C=O) groups excluding carboxylic acids is 2. The normalized spacial score (nSPS) is 10.0. The van der Waals surface area contributed by atoms with Crippen LogP contribution in [0.15, 0.2) is 46.9 Å². The lowest BCUT2D eigenvalue weighted by Gasteiger charge is -2.08. The van der Waals surface area contributed by atoms with Crippen LogP contribution in [0.3, 0.4) is 0 Å². The number of urea groups is 1. The summed E-state index contributed by atoms with van der Waals surface area (Å²) < 4.78 is 0.716. The van der Waals surface area contributed by atoms with Gasteiger partial charge in [-0.2, -0.15) is 0 Å². The Kier molecular flexibility index (Phi) is 4.82. The maximum atomic E-state index is 12.1. The van der Waals surface area contributed by atoms with Crippen LogP contribution >= 0.6 is 27.5 Å². The van der Waals surface area contributed by atoms with Gasteiger partial charge in [0, 0.05) is 21.4 Å². The zero-order valence-corrected chi connectivity index (χ0v) is 13.0. The molecule has 0 radical (unpaired) electrons. The molecule has 0 aliphatic heterocycles. The minimum absolute atomic E-state index is 0.305. The molecule has 108 valence electrons. The summed E-state index contributed by atoms with van der Waals surface area (Å²) in [6.45, 7) is 0. The van der Waals surface area contributed by atoms with E-state index in [2.05, 4.69) is 26.6 Å². The highest BCUT2D eigenvalue weighted by Crippen LogP contribution is 2.24. The van der Waals surface area contributed by atoms with Crippen molar-refractivity contribution >= 4 is 50.8 Å². The molecular formula is C14H11BrClN3O2. The Balaban J connectivity index is 2.15. The molecule has 0 heterocycles. The smallest absolute Gasteiger partial charge is 0.316 e. The molecule has 0 saturated carbocycles. The van der Waals surface area contributed by atoms with Gasteiger partial charge in [-0.3, -0.25) is 4.79 Å². The first-order chi connectivity index (χ1) is 9.95. The lowest BCUT2D eigenvalue weighted by atomic mass is 10.2. The molecule has 7 heteroatoms. The molecule has 0 aliphatic carbocycles. The number of rotatable bonds is 3. The molecule has 2 rings (SSSR count). The lowest BCUT2D eigenvalue weighted by Crippen LogP contribution is -2.19. The number of benzene rings is 2. The highest BCUT2D eigenvalue weighted by molar-refractivity contribution is 9.10. The van der Waals surface area contributed by atoms with Gasteiger partial charge in [-0.1, -0.05) is 17.7 Å². The molecule has 0 atom stereocenters. The number of nitrogens with two attached hydrogens (primary N) is 1. The summed E-state index contributed by atoms with van der Waals surface area (Å²) in [5, 5.41) is 5.60. The van der Waals surface area contributed by atoms with Crippen LogP contribution < -0.4 is 16.4 Å². The van der Waals surface area contributed by atoms with E-state index in [4.69, 9.17) is 17.3 Å². The van der Waals surface area contributed by atoms with E-state index in [-0.39, 0.29) is 5.91 Å². The molecule has 0 saturated heterocycles. The summed E-state index contributed by atoms with van der Waals surface area (Å²) in [5.41, 5.74) is 6.50. The third-order valence-corrected chi connectivity index (χ3v) is 3.80. The van der Waals surface area contributed by atoms with Gasteiger partial charge in [0.1, 0.15) is 0 Å². The average Bonchev–Trinajstić information content (AvgIpc) is 2.41. The fourth-order valence-corrected chi connectivity index (χ4v) is 2.08.